The van der Waals surface area contributed by atoms with Gasteiger partial charge in [-0.15, -0.1) is 11.3 Å². The van der Waals surface area contributed by atoms with Crippen molar-refractivity contribution in [3.05, 3.63) is 75.1 Å². The average molecular weight is 509 g/mol. The number of hydrogen-bond acceptors (Lipinski definition) is 4. The zero-order valence-electron chi connectivity index (χ0n) is 21.0. The minimum Gasteiger partial charge on any atom is -0.490 e. The highest BCUT2D eigenvalue weighted by Crippen LogP contribution is 2.45. The number of thiophene rings is 1. The van der Waals surface area contributed by atoms with Gasteiger partial charge in [-0.05, 0) is 86.4 Å². The molecule has 0 unspecified atom stereocenters. The van der Waals surface area contributed by atoms with E-state index in [0.29, 0.717) is 22.2 Å². The number of hydrogen-bond donors (Lipinski definition) is 1. The maximum Gasteiger partial charge on any atom is 0.259 e. The van der Waals surface area contributed by atoms with E-state index < -0.39 is 0 Å². The molecule has 4 rings (SSSR count). The minimum absolute atomic E-state index is 0.0636. The van der Waals surface area contributed by atoms with Crippen molar-refractivity contribution in [2.24, 2.45) is 16.3 Å². The first kappa shape index (κ1) is 25.5. The van der Waals surface area contributed by atoms with Gasteiger partial charge in [0.05, 0.1) is 11.7 Å². The van der Waals surface area contributed by atoms with Gasteiger partial charge < -0.3 is 10.1 Å². The monoisotopic (exact) mass is 508 g/mol. The summed E-state index contributed by atoms with van der Waals surface area (Å²) < 4.78 is 5.95. The van der Waals surface area contributed by atoms with Crippen molar-refractivity contribution in [3.63, 3.8) is 0 Å². The van der Waals surface area contributed by atoms with E-state index in [4.69, 9.17) is 21.3 Å². The molecule has 6 heteroatoms. The molecule has 1 amide bonds. The van der Waals surface area contributed by atoms with Crippen LogP contribution in [0.1, 0.15) is 67.4 Å². The van der Waals surface area contributed by atoms with Crippen LogP contribution < -0.4 is 10.1 Å². The lowest BCUT2D eigenvalue weighted by Crippen LogP contribution is -2.27. The van der Waals surface area contributed by atoms with E-state index in [2.05, 4.69) is 26.1 Å². The Bertz CT molecular complexity index is 1220. The third kappa shape index (κ3) is 6.14. The van der Waals surface area contributed by atoms with Crippen LogP contribution >= 0.6 is 22.9 Å². The molecule has 184 valence electrons. The molecule has 1 aromatic heterocycles. The molecular formula is C29H33ClN2O2S. The fourth-order valence-corrected chi connectivity index (χ4v) is 5.83. The van der Waals surface area contributed by atoms with Gasteiger partial charge in [0.2, 0.25) is 0 Å². The van der Waals surface area contributed by atoms with Gasteiger partial charge in [-0.25, -0.2) is 4.99 Å². The van der Waals surface area contributed by atoms with Crippen LogP contribution in [0, 0.1) is 11.3 Å². The average Bonchev–Trinajstić information content (AvgIpc) is 3.17. The maximum absolute atomic E-state index is 13.5. The number of halogens is 1. The Morgan fingerprint density at radius 1 is 1.17 bits per heavy atom. The minimum atomic E-state index is -0.127. The highest BCUT2D eigenvalue weighted by Gasteiger charge is 2.33. The molecule has 4 nitrogen and oxygen atoms in total. The number of fused-ring (bicyclic) bond motifs is 1. The van der Waals surface area contributed by atoms with Crippen molar-refractivity contribution in [2.75, 3.05) is 5.32 Å². The van der Waals surface area contributed by atoms with Gasteiger partial charge in [-0.1, -0.05) is 44.5 Å². The highest BCUT2D eigenvalue weighted by atomic mass is 35.5. The van der Waals surface area contributed by atoms with Crippen molar-refractivity contribution < 1.29 is 9.53 Å². The van der Waals surface area contributed by atoms with Gasteiger partial charge in [0.15, 0.2) is 0 Å². The number of carbonyl (C=O) groups is 1. The topological polar surface area (TPSA) is 50.7 Å². The normalized spacial score (nSPS) is 15.9. The number of aliphatic imine (C=N–C) groups is 1. The summed E-state index contributed by atoms with van der Waals surface area (Å²) in [7, 11) is 0. The summed E-state index contributed by atoms with van der Waals surface area (Å²) in [5, 5.41) is 4.43. The molecule has 0 bridgehead atoms. The second kappa shape index (κ2) is 10.5. The Balaban J connectivity index is 1.71. The lowest BCUT2D eigenvalue weighted by molar-refractivity contribution is 0.102. The number of carbonyl (C=O) groups excluding carboxylic acids is 1. The molecule has 35 heavy (non-hydrogen) atoms. The Hall–Kier alpha value is -2.63. The molecule has 0 spiro atoms. The molecule has 1 aliphatic rings. The number of rotatable bonds is 6. The van der Waals surface area contributed by atoms with Crippen LogP contribution in [0.2, 0.25) is 5.02 Å². The summed E-state index contributed by atoms with van der Waals surface area (Å²) >= 11 is 7.66. The van der Waals surface area contributed by atoms with Crippen LogP contribution in [0.4, 0.5) is 10.7 Å². The van der Waals surface area contributed by atoms with Crippen molar-refractivity contribution in [3.8, 4) is 5.75 Å². The van der Waals surface area contributed by atoms with E-state index in [1.807, 2.05) is 56.5 Å². The number of nitrogens with one attached hydrogen (secondary N) is 1. The third-order valence-corrected chi connectivity index (χ3v) is 7.82. The fourth-order valence-electron chi connectivity index (χ4n) is 4.44. The van der Waals surface area contributed by atoms with Crippen LogP contribution in [-0.4, -0.2) is 18.2 Å². The number of nitrogens with zero attached hydrogens (tertiary/aromatic N) is 1. The van der Waals surface area contributed by atoms with Gasteiger partial charge in [0, 0.05) is 27.4 Å². The first-order valence-electron chi connectivity index (χ1n) is 12.1. The van der Waals surface area contributed by atoms with Gasteiger partial charge in [0.1, 0.15) is 10.8 Å². The van der Waals surface area contributed by atoms with Crippen LogP contribution in [0.15, 0.2) is 53.5 Å². The Kier molecular flexibility index (Phi) is 7.67. The molecule has 1 atom stereocenters. The van der Waals surface area contributed by atoms with Crippen LogP contribution in [0.5, 0.6) is 5.75 Å². The molecule has 1 heterocycles. The van der Waals surface area contributed by atoms with E-state index in [0.717, 1.165) is 41.1 Å². The molecule has 3 aromatic rings. The Morgan fingerprint density at radius 3 is 2.57 bits per heavy atom. The van der Waals surface area contributed by atoms with Crippen molar-refractivity contribution in [1.29, 1.82) is 0 Å². The summed E-state index contributed by atoms with van der Waals surface area (Å²) in [6, 6.07) is 15.0. The molecule has 1 N–H and O–H groups in total. The fraction of sp³-hybridized carbons (Fsp3) is 0.379. The standard InChI is InChI=1S/C29H33ClN2O2S/c1-18(2)34-24-9-7-6-8-19(24)17-31-28-26(27(33)32-22-13-11-21(30)12-14-22)23-15-10-20(29(3,4)5)16-25(23)35-28/h6-9,11-14,17-18,20H,10,15-16H2,1-5H3,(H,32,33)/t20-/m1/s1. The Morgan fingerprint density at radius 2 is 1.89 bits per heavy atom. The first-order chi connectivity index (χ1) is 16.6. The summed E-state index contributed by atoms with van der Waals surface area (Å²) in [6.45, 7) is 10.9. The summed E-state index contributed by atoms with van der Waals surface area (Å²) in [5.41, 5.74) is 3.66. The quantitative estimate of drug-likeness (QED) is 0.340. The lowest BCUT2D eigenvalue weighted by Gasteiger charge is -2.33. The van der Waals surface area contributed by atoms with Crippen LogP contribution in [0.25, 0.3) is 0 Å². The molecule has 0 fully saturated rings. The van der Waals surface area contributed by atoms with E-state index >= 15 is 0 Å². The van der Waals surface area contributed by atoms with Gasteiger partial charge in [0.25, 0.3) is 5.91 Å². The van der Waals surface area contributed by atoms with Crippen LogP contribution in [0.3, 0.4) is 0 Å². The van der Waals surface area contributed by atoms with Crippen LogP contribution in [-0.2, 0) is 12.8 Å². The molecule has 0 saturated heterocycles. The molecule has 1 aliphatic carbocycles. The molecular weight excluding hydrogens is 476 g/mol. The lowest BCUT2D eigenvalue weighted by atomic mass is 9.72. The summed E-state index contributed by atoms with van der Waals surface area (Å²) in [4.78, 5) is 19.6. The van der Waals surface area contributed by atoms with Gasteiger partial charge >= 0.3 is 0 Å². The van der Waals surface area contributed by atoms with Gasteiger partial charge in [-0.2, -0.15) is 0 Å². The smallest absolute Gasteiger partial charge is 0.259 e. The molecule has 0 aliphatic heterocycles. The van der Waals surface area contributed by atoms with Crippen molar-refractivity contribution in [2.45, 2.75) is 60.0 Å². The van der Waals surface area contributed by atoms with E-state index in [-0.39, 0.29) is 17.4 Å². The maximum atomic E-state index is 13.5. The number of anilines is 1. The molecule has 2 aromatic carbocycles. The largest absolute Gasteiger partial charge is 0.490 e. The second-order valence-corrected chi connectivity index (χ2v) is 11.9. The molecule has 0 saturated carbocycles. The van der Waals surface area contributed by atoms with E-state index in [9.17, 15) is 4.79 Å². The van der Waals surface area contributed by atoms with Crippen molar-refractivity contribution >= 4 is 45.7 Å². The summed E-state index contributed by atoms with van der Waals surface area (Å²) in [5.74, 6) is 1.24. The predicted octanol–water partition coefficient (Wildman–Crippen LogP) is 8.34. The first-order valence-corrected chi connectivity index (χ1v) is 13.3. The number of amides is 1. The highest BCUT2D eigenvalue weighted by molar-refractivity contribution is 7.16. The SMILES string of the molecule is CC(C)Oc1ccccc1C=Nc1sc2c(c1C(=O)Nc1ccc(Cl)cc1)CC[C@@H](C(C)(C)C)C2. The predicted molar refractivity (Wildman–Crippen MR) is 148 cm³/mol. The van der Waals surface area contributed by atoms with Gasteiger partial charge in [-0.3, -0.25) is 4.79 Å². The second-order valence-electron chi connectivity index (χ2n) is 10.4. The van der Waals surface area contributed by atoms with E-state index in [1.165, 1.54) is 4.88 Å². The van der Waals surface area contributed by atoms with E-state index in [1.54, 1.807) is 23.5 Å². The Labute approximate surface area is 217 Å². The number of ether oxygens (including phenoxy) is 1. The third-order valence-electron chi connectivity index (χ3n) is 6.40. The zero-order chi connectivity index (χ0) is 25.2. The van der Waals surface area contributed by atoms with Crippen molar-refractivity contribution in [1.82, 2.24) is 0 Å². The molecule has 0 radical (unpaired) electrons. The summed E-state index contributed by atoms with van der Waals surface area (Å²) in [6.07, 6.45) is 4.82. The zero-order valence-corrected chi connectivity index (χ0v) is 22.6. The number of para-hydroxylation sites is 1. The number of benzene rings is 2.